The molecule has 0 amide bonds. The number of hydrogen-bond acceptors (Lipinski definition) is 36. The third-order valence-corrected chi connectivity index (χ3v) is 16.0. The van der Waals surface area contributed by atoms with Crippen molar-refractivity contribution >= 4 is 29.2 Å². The summed E-state index contributed by atoms with van der Waals surface area (Å²) in [5, 5.41) is 222. The Kier molecular flexibility index (Phi) is 22.6. The summed E-state index contributed by atoms with van der Waals surface area (Å²) in [5.74, 6) is 0. The molecule has 0 aromatic rings. The van der Waals surface area contributed by atoms with E-state index in [1.807, 2.05) is 0 Å². The van der Waals surface area contributed by atoms with E-state index in [1.54, 1.807) is 0 Å². The molecular weight excluding hydrogens is 1150 g/mol. The minimum absolute atomic E-state index is 0.162. The Hall–Kier alpha value is -1.25. The highest BCUT2D eigenvalue weighted by atomic mass is 32.1. The number of nitrogens with zero attached hydrogens (tertiary/aromatic N) is 1. The van der Waals surface area contributed by atoms with Gasteiger partial charge in [-0.15, -0.1) is 0 Å². The summed E-state index contributed by atoms with van der Waals surface area (Å²) in [7, 11) is 1.39. The highest BCUT2D eigenvalue weighted by Crippen LogP contribution is 2.39. The van der Waals surface area contributed by atoms with Crippen LogP contribution in [0.2, 0.25) is 0 Å². The van der Waals surface area contributed by atoms with Crippen LogP contribution in [0.25, 0.3) is 0 Å². The Morgan fingerprint density at radius 1 is 0.284 bits per heavy atom. The molecular formula is C44H72NO34S2-. The van der Waals surface area contributed by atoms with Crippen LogP contribution >= 0.6 is 12.2 Å². The zero-order chi connectivity index (χ0) is 59.2. The highest BCUT2D eigenvalue weighted by molar-refractivity contribution is 8.00. The molecule has 14 bridgehead atoms. The van der Waals surface area contributed by atoms with Crippen molar-refractivity contribution < 1.29 is 168 Å². The summed E-state index contributed by atoms with van der Waals surface area (Å²) in [4.78, 5) is 1.25. The number of thiocarbonyl (C=S) groups is 1. The fraction of sp³-hybridized carbons (Fsp3) is 0.977. The quantitative estimate of drug-likeness (QED) is 0.0793. The molecule has 0 aromatic heterocycles. The van der Waals surface area contributed by atoms with Crippen LogP contribution in [0.1, 0.15) is 0 Å². The lowest BCUT2D eigenvalue weighted by molar-refractivity contribution is -0.396. The number of rotatable bonds is 8. The van der Waals surface area contributed by atoms with Gasteiger partial charge >= 0.3 is 0 Å². The SMILES string of the molecule is CN(C[C@@H]1OC2O[C@@H]3[C@H](O)[C@@H](O)[C@H](O[C@@H]4[C@H](O)[C@@H](O)[C@H](O[C@@H]5[C@H](O)[C@H](O)[C@@H](O[C@@H]6[C@H](O)[C@H](O)[C@@H](O[C@@H]7[C@H](O)[C@H](O)[C@@H](OC8[C@@H](CO)O[C@H](O[C@H]1[C@H](O)[C@@H]2O)[C@@H](O)[C@H]8O)O[C@@H]7CO)O[C@@H]6CO)O[C@H]5CO)O[C@H]4CO)O[C@H]3CO)C(=S)[S-]. The van der Waals surface area contributed by atoms with Crippen LogP contribution < -0.4 is 0 Å². The van der Waals surface area contributed by atoms with E-state index in [-0.39, 0.29) is 4.32 Å². The van der Waals surface area contributed by atoms with E-state index in [0.29, 0.717) is 0 Å². The van der Waals surface area contributed by atoms with Crippen LogP contribution in [0.3, 0.4) is 0 Å². The number of aliphatic hydroxyl groups excluding tert-OH is 20. The lowest BCUT2D eigenvalue weighted by Crippen LogP contribution is -2.68. The van der Waals surface area contributed by atoms with E-state index in [9.17, 15) is 102 Å². The van der Waals surface area contributed by atoms with Crippen molar-refractivity contribution in [2.45, 2.75) is 215 Å². The van der Waals surface area contributed by atoms with Crippen LogP contribution in [0, 0.1) is 0 Å². The highest BCUT2D eigenvalue weighted by Gasteiger charge is 2.59. The zero-order valence-electron chi connectivity index (χ0n) is 42.6. The maximum Gasteiger partial charge on any atom is 0.187 e. The summed E-state index contributed by atoms with van der Waals surface area (Å²) in [6, 6.07) is 0. The van der Waals surface area contributed by atoms with Crippen LogP contribution in [0.5, 0.6) is 0 Å². The summed E-state index contributed by atoms with van der Waals surface area (Å²) in [5.41, 5.74) is 0. The first-order chi connectivity index (χ1) is 38.4. The molecule has 21 saturated heterocycles. The van der Waals surface area contributed by atoms with Crippen molar-refractivity contribution in [3.63, 3.8) is 0 Å². The van der Waals surface area contributed by atoms with E-state index in [4.69, 9.17) is 91.2 Å². The monoisotopic (exact) mass is 1220 g/mol. The molecule has 35 atom stereocenters. The van der Waals surface area contributed by atoms with Crippen LogP contribution in [-0.4, -0.2) is 380 Å². The fourth-order valence-electron chi connectivity index (χ4n) is 10.8. The summed E-state index contributed by atoms with van der Waals surface area (Å²) in [6.45, 7) is -6.66. The second kappa shape index (κ2) is 27.8. The zero-order valence-corrected chi connectivity index (χ0v) is 44.2. The molecule has 21 heterocycles. The predicted octanol–water partition coefficient (Wildman–Crippen LogP) is -14.5. The number of hydrogen-bond donors (Lipinski definition) is 20. The summed E-state index contributed by atoms with van der Waals surface area (Å²) >= 11 is 10.2. The van der Waals surface area contributed by atoms with E-state index in [2.05, 4.69) is 0 Å². The van der Waals surface area contributed by atoms with Crippen molar-refractivity contribution in [1.82, 2.24) is 4.90 Å². The van der Waals surface area contributed by atoms with Gasteiger partial charge in [-0.1, -0.05) is 4.32 Å². The van der Waals surface area contributed by atoms with Crippen LogP contribution in [0.4, 0.5) is 0 Å². The molecule has 0 spiro atoms. The first kappa shape index (κ1) is 65.7. The molecule has 81 heavy (non-hydrogen) atoms. The normalized spacial score (nSPS) is 53.1. The van der Waals surface area contributed by atoms with E-state index >= 15 is 0 Å². The lowest BCUT2D eigenvalue weighted by atomic mass is 9.95. The standard InChI is InChI=1S/C44H73NO34S2/c1-45(44(80)81)2-9-30-16(52)23(59)37(66-9)74-31-10(3-46)68-39(25(61)18(31)54)76-33-12(5-48)70-41(27(63)20(33)56)78-35-14(7-50)72-43(29(65)22(35)58)79-36-15(8-51)71-42(28(64)21(36)57)77-34-13(6-49)69-40(26(62)19(34)55)75-32-11(4-47)67-38(73-30)24(60)17(32)53/h9-43,46-65H,2-8H2,1H3,(H,80,81)/p-1/t9-,10-,11+,12-,13+,14-,15+,16+,17+,18+,19+,20+,21+,22+,23-,24-,25+,26-,27+,28-,29-,30+,31-,32?,33-,34-,35-,36-,37?,38+,39-,40+,41-,42+,43+/m0/s1. The molecule has 0 radical (unpaired) electrons. The fourth-order valence-corrected chi connectivity index (χ4v) is 10.9. The molecule has 21 rings (SSSR count). The molecule has 37 heteroatoms. The minimum Gasteiger partial charge on any atom is -0.411 e. The van der Waals surface area contributed by atoms with Gasteiger partial charge in [0.1, 0.15) is 171 Å². The topological polar surface area (TPSA) is 537 Å². The second-order valence-electron chi connectivity index (χ2n) is 20.6. The molecule has 0 saturated carbocycles. The van der Waals surface area contributed by atoms with Gasteiger partial charge in [0.05, 0.1) is 39.6 Å². The molecule has 21 aliphatic rings. The van der Waals surface area contributed by atoms with Gasteiger partial charge in [-0.05, 0) is 0 Å². The van der Waals surface area contributed by atoms with Gasteiger partial charge < -0.3 is 198 Å². The number of ether oxygens (including phenoxy) is 14. The molecule has 20 N–H and O–H groups in total. The third kappa shape index (κ3) is 13.3. The Bertz CT molecular complexity index is 1990. The Morgan fingerprint density at radius 2 is 0.432 bits per heavy atom. The minimum atomic E-state index is -2.21. The maximum atomic E-state index is 11.7. The average Bonchev–Trinajstić information content (AvgIpc) is 3.65. The van der Waals surface area contributed by atoms with Gasteiger partial charge in [0, 0.05) is 13.6 Å². The van der Waals surface area contributed by atoms with Crippen LogP contribution in [-0.2, 0) is 78.9 Å². The average molecular weight is 1220 g/mol. The first-order valence-corrected chi connectivity index (χ1v) is 26.5. The first-order valence-electron chi connectivity index (χ1n) is 25.7. The smallest absolute Gasteiger partial charge is 0.187 e. The van der Waals surface area contributed by atoms with Crippen molar-refractivity contribution in [1.29, 1.82) is 0 Å². The molecule has 470 valence electrons. The van der Waals surface area contributed by atoms with E-state index in [0.717, 1.165) is 0 Å². The van der Waals surface area contributed by atoms with Gasteiger partial charge in [-0.3, -0.25) is 0 Å². The van der Waals surface area contributed by atoms with Crippen molar-refractivity contribution in [3.8, 4) is 0 Å². The number of aliphatic hydroxyl groups is 20. The maximum absolute atomic E-state index is 11.7. The van der Waals surface area contributed by atoms with Gasteiger partial charge in [0.2, 0.25) is 0 Å². The second-order valence-corrected chi connectivity index (χ2v) is 21.6. The van der Waals surface area contributed by atoms with Crippen molar-refractivity contribution in [2.24, 2.45) is 0 Å². The molecule has 2 unspecified atom stereocenters. The van der Waals surface area contributed by atoms with E-state index in [1.165, 1.54) is 11.9 Å². The Morgan fingerprint density at radius 3 is 0.580 bits per heavy atom. The lowest BCUT2D eigenvalue weighted by Gasteiger charge is -2.50. The third-order valence-electron chi connectivity index (χ3n) is 15.4. The summed E-state index contributed by atoms with van der Waals surface area (Å²) in [6.07, 6.45) is -69.9. The Labute approximate surface area is 469 Å². The molecule has 21 aliphatic heterocycles. The van der Waals surface area contributed by atoms with Gasteiger partial charge in [0.25, 0.3) is 0 Å². The van der Waals surface area contributed by atoms with Crippen molar-refractivity contribution in [2.75, 3.05) is 53.2 Å². The van der Waals surface area contributed by atoms with Crippen molar-refractivity contribution in [3.05, 3.63) is 0 Å². The molecule has 21 fully saturated rings. The van der Waals surface area contributed by atoms with Gasteiger partial charge in [0.15, 0.2) is 44.0 Å². The van der Waals surface area contributed by atoms with Gasteiger partial charge in [-0.25, -0.2) is 0 Å². The predicted molar refractivity (Wildman–Crippen MR) is 254 cm³/mol. The Balaban J connectivity index is 1.10. The van der Waals surface area contributed by atoms with Crippen LogP contribution in [0.15, 0.2) is 0 Å². The molecule has 0 aliphatic carbocycles. The van der Waals surface area contributed by atoms with E-state index < -0.39 is 261 Å². The molecule has 0 aromatic carbocycles. The molecule has 35 nitrogen and oxygen atoms in total. The van der Waals surface area contributed by atoms with Gasteiger partial charge in [-0.2, -0.15) is 0 Å². The number of likely N-dealkylation sites (N-methyl/N-ethyl adjacent to an activating group) is 1. The largest absolute Gasteiger partial charge is 0.411 e. The summed E-state index contributed by atoms with van der Waals surface area (Å²) < 4.78 is 80.6.